The van der Waals surface area contributed by atoms with E-state index >= 15 is 0 Å². The SMILES string of the molecule is CC(O)C(N)CNC(=O)c1csc([N+](=O)[O-])c1. The van der Waals surface area contributed by atoms with Crippen LogP contribution >= 0.6 is 11.3 Å². The molecule has 94 valence electrons. The highest BCUT2D eigenvalue weighted by Crippen LogP contribution is 2.22. The predicted molar refractivity (Wildman–Crippen MR) is 63.0 cm³/mol. The van der Waals surface area contributed by atoms with Crippen molar-refractivity contribution in [2.45, 2.75) is 19.1 Å². The van der Waals surface area contributed by atoms with E-state index < -0.39 is 23.0 Å². The Kier molecular flexibility index (Phi) is 4.55. The lowest BCUT2D eigenvalue weighted by Crippen LogP contribution is -2.43. The van der Waals surface area contributed by atoms with E-state index in [9.17, 15) is 14.9 Å². The summed E-state index contributed by atoms with van der Waals surface area (Å²) in [5.74, 6) is -0.439. The van der Waals surface area contributed by atoms with Crippen LogP contribution in [0.25, 0.3) is 0 Å². The van der Waals surface area contributed by atoms with Gasteiger partial charge in [-0.25, -0.2) is 0 Å². The summed E-state index contributed by atoms with van der Waals surface area (Å²) in [6, 6.07) is 0.640. The maximum Gasteiger partial charge on any atom is 0.324 e. The number of thiophene rings is 1. The maximum atomic E-state index is 11.5. The van der Waals surface area contributed by atoms with Gasteiger partial charge in [-0.1, -0.05) is 11.3 Å². The summed E-state index contributed by atoms with van der Waals surface area (Å²) in [7, 11) is 0. The number of nitrogens with zero attached hydrogens (tertiary/aromatic N) is 1. The molecule has 8 heteroatoms. The van der Waals surface area contributed by atoms with Crippen molar-refractivity contribution in [2.75, 3.05) is 6.54 Å². The molecule has 1 aromatic heterocycles. The summed E-state index contributed by atoms with van der Waals surface area (Å²) in [5, 5.41) is 23.3. The lowest BCUT2D eigenvalue weighted by atomic mass is 10.2. The summed E-state index contributed by atoms with van der Waals surface area (Å²) in [6.45, 7) is 1.63. The topological polar surface area (TPSA) is 118 Å². The highest BCUT2D eigenvalue weighted by atomic mass is 32.1. The monoisotopic (exact) mass is 259 g/mol. The van der Waals surface area contributed by atoms with E-state index in [1.165, 1.54) is 18.4 Å². The second-order valence-electron chi connectivity index (χ2n) is 3.55. The van der Waals surface area contributed by atoms with Gasteiger partial charge in [-0.3, -0.25) is 14.9 Å². The van der Waals surface area contributed by atoms with Crippen LogP contribution in [0.2, 0.25) is 0 Å². The average molecular weight is 259 g/mol. The molecule has 1 rings (SSSR count). The number of aliphatic hydroxyl groups is 1. The van der Waals surface area contributed by atoms with Crippen LogP contribution in [-0.4, -0.2) is 34.6 Å². The van der Waals surface area contributed by atoms with Crippen molar-refractivity contribution in [3.05, 3.63) is 27.1 Å². The Labute approximate surface area is 101 Å². The van der Waals surface area contributed by atoms with Gasteiger partial charge in [0.05, 0.1) is 16.6 Å². The van der Waals surface area contributed by atoms with Crippen molar-refractivity contribution in [1.29, 1.82) is 0 Å². The van der Waals surface area contributed by atoms with Crippen LogP contribution in [0.4, 0.5) is 5.00 Å². The molecular weight excluding hydrogens is 246 g/mol. The van der Waals surface area contributed by atoms with E-state index in [0.717, 1.165) is 11.3 Å². The first-order chi connectivity index (χ1) is 7.91. The van der Waals surface area contributed by atoms with Crippen molar-refractivity contribution in [2.24, 2.45) is 5.73 Å². The van der Waals surface area contributed by atoms with Gasteiger partial charge < -0.3 is 16.2 Å². The Morgan fingerprint density at radius 2 is 2.41 bits per heavy atom. The molecule has 2 unspecified atom stereocenters. The minimum absolute atomic E-state index is 0.0880. The molecule has 17 heavy (non-hydrogen) atoms. The molecule has 2 atom stereocenters. The summed E-state index contributed by atoms with van der Waals surface area (Å²) < 4.78 is 0. The van der Waals surface area contributed by atoms with Crippen LogP contribution in [0.5, 0.6) is 0 Å². The highest BCUT2D eigenvalue weighted by Gasteiger charge is 2.16. The Morgan fingerprint density at radius 1 is 1.76 bits per heavy atom. The van der Waals surface area contributed by atoms with Crippen molar-refractivity contribution in [3.8, 4) is 0 Å². The van der Waals surface area contributed by atoms with E-state index in [1.54, 1.807) is 0 Å². The molecule has 0 spiro atoms. The number of amides is 1. The van der Waals surface area contributed by atoms with Gasteiger partial charge in [-0.2, -0.15) is 0 Å². The van der Waals surface area contributed by atoms with E-state index in [0.29, 0.717) is 0 Å². The number of nitrogens with one attached hydrogen (secondary N) is 1. The molecule has 0 aliphatic carbocycles. The molecule has 1 heterocycles. The number of hydrogen-bond acceptors (Lipinski definition) is 6. The lowest BCUT2D eigenvalue weighted by molar-refractivity contribution is -0.380. The van der Waals surface area contributed by atoms with Crippen LogP contribution < -0.4 is 11.1 Å². The number of nitro groups is 1. The maximum absolute atomic E-state index is 11.5. The Hall–Kier alpha value is -1.51. The Morgan fingerprint density at radius 3 is 2.88 bits per heavy atom. The summed E-state index contributed by atoms with van der Waals surface area (Å²) >= 11 is 0.886. The van der Waals surface area contributed by atoms with Crippen molar-refractivity contribution in [1.82, 2.24) is 5.32 Å². The number of carbonyl (C=O) groups is 1. The zero-order valence-electron chi connectivity index (χ0n) is 9.12. The normalized spacial score (nSPS) is 14.1. The number of nitrogens with two attached hydrogens (primary N) is 1. The molecule has 0 bridgehead atoms. The molecule has 4 N–H and O–H groups in total. The van der Waals surface area contributed by atoms with Gasteiger partial charge in [0.2, 0.25) is 0 Å². The molecule has 0 saturated carbocycles. The van der Waals surface area contributed by atoms with Crippen molar-refractivity contribution >= 4 is 22.2 Å². The minimum Gasteiger partial charge on any atom is -0.392 e. The first kappa shape index (κ1) is 13.6. The first-order valence-electron chi connectivity index (χ1n) is 4.86. The van der Waals surface area contributed by atoms with Crippen LogP contribution in [0, 0.1) is 10.1 Å². The van der Waals surface area contributed by atoms with Gasteiger partial charge in [-0.15, -0.1) is 0 Å². The Bertz CT molecular complexity index is 418. The number of carbonyl (C=O) groups excluding carboxylic acids is 1. The van der Waals surface area contributed by atoms with E-state index in [4.69, 9.17) is 10.8 Å². The number of hydrogen-bond donors (Lipinski definition) is 3. The molecule has 1 aromatic rings. The fourth-order valence-corrected chi connectivity index (χ4v) is 1.73. The lowest BCUT2D eigenvalue weighted by Gasteiger charge is -2.14. The van der Waals surface area contributed by atoms with Gasteiger partial charge in [0, 0.05) is 24.0 Å². The molecule has 0 radical (unpaired) electrons. The second kappa shape index (κ2) is 5.71. The summed E-state index contributed by atoms with van der Waals surface area (Å²) in [5.41, 5.74) is 5.75. The van der Waals surface area contributed by atoms with Crippen LogP contribution in [0.15, 0.2) is 11.4 Å². The van der Waals surface area contributed by atoms with Crippen molar-refractivity contribution in [3.63, 3.8) is 0 Å². The third-order valence-electron chi connectivity index (χ3n) is 2.15. The predicted octanol–water partition coefficient (Wildman–Crippen LogP) is 0.0942. The molecule has 0 aliphatic heterocycles. The summed E-state index contributed by atoms with van der Waals surface area (Å²) in [6.07, 6.45) is -0.730. The van der Waals surface area contributed by atoms with E-state index in [2.05, 4.69) is 5.32 Å². The fraction of sp³-hybridized carbons (Fsp3) is 0.444. The summed E-state index contributed by atoms with van der Waals surface area (Å²) in [4.78, 5) is 21.4. The van der Waals surface area contributed by atoms with Gasteiger partial charge in [0.15, 0.2) is 0 Å². The van der Waals surface area contributed by atoms with E-state index in [1.807, 2.05) is 0 Å². The molecular formula is C9H13N3O4S. The van der Waals surface area contributed by atoms with Crippen LogP contribution in [0.3, 0.4) is 0 Å². The third kappa shape index (κ3) is 3.77. The largest absolute Gasteiger partial charge is 0.392 e. The van der Waals surface area contributed by atoms with Crippen molar-refractivity contribution < 1.29 is 14.8 Å². The average Bonchev–Trinajstić information content (AvgIpc) is 2.74. The third-order valence-corrected chi connectivity index (χ3v) is 3.03. The molecule has 7 nitrogen and oxygen atoms in total. The molecule has 0 fully saturated rings. The smallest absolute Gasteiger partial charge is 0.324 e. The molecule has 0 aromatic carbocycles. The molecule has 0 aliphatic rings. The van der Waals surface area contributed by atoms with Crippen LogP contribution in [-0.2, 0) is 0 Å². The first-order valence-corrected chi connectivity index (χ1v) is 5.74. The van der Waals surface area contributed by atoms with E-state index in [-0.39, 0.29) is 17.1 Å². The Balaban J connectivity index is 2.55. The standard InChI is InChI=1S/C9H13N3O4S/c1-5(13)7(10)3-11-9(14)6-2-8(12(15)16)17-4-6/h2,4-5,7,13H,3,10H2,1H3,(H,11,14). The number of rotatable bonds is 5. The highest BCUT2D eigenvalue weighted by molar-refractivity contribution is 7.13. The zero-order valence-corrected chi connectivity index (χ0v) is 9.94. The van der Waals surface area contributed by atoms with Crippen LogP contribution in [0.1, 0.15) is 17.3 Å². The molecule has 0 saturated heterocycles. The zero-order chi connectivity index (χ0) is 13.0. The minimum atomic E-state index is -0.730. The number of aliphatic hydroxyl groups excluding tert-OH is 1. The van der Waals surface area contributed by atoms with Gasteiger partial charge in [0.1, 0.15) is 0 Å². The quantitative estimate of drug-likeness (QED) is 0.511. The second-order valence-corrected chi connectivity index (χ2v) is 4.43. The fourth-order valence-electron chi connectivity index (χ4n) is 1.02. The van der Waals surface area contributed by atoms with Gasteiger partial charge in [-0.05, 0) is 6.92 Å². The van der Waals surface area contributed by atoms with Gasteiger partial charge >= 0.3 is 5.00 Å². The molecule has 1 amide bonds. The van der Waals surface area contributed by atoms with Gasteiger partial charge in [0.25, 0.3) is 5.91 Å².